The van der Waals surface area contributed by atoms with Crippen molar-refractivity contribution in [2.45, 2.75) is 44.7 Å². The second-order valence-electron chi connectivity index (χ2n) is 5.72. The third kappa shape index (κ3) is 2.06. The van der Waals surface area contributed by atoms with Gasteiger partial charge in [-0.05, 0) is 13.0 Å². The predicted octanol–water partition coefficient (Wildman–Crippen LogP) is 3.69. The Morgan fingerprint density at radius 2 is 2.06 bits per heavy atom. The Labute approximate surface area is 101 Å². The number of oxazole rings is 1. The highest BCUT2D eigenvalue weighted by atomic mass is 19.1. The molecule has 2 nitrogen and oxygen atoms in total. The molecule has 0 aliphatic heterocycles. The highest BCUT2D eigenvalue weighted by molar-refractivity contribution is 5.33. The topological polar surface area (TPSA) is 26.0 Å². The number of rotatable bonds is 1. The summed E-state index contributed by atoms with van der Waals surface area (Å²) in [4.78, 5) is 4.44. The fraction of sp³-hybridized carbons (Fsp3) is 0.500. The van der Waals surface area contributed by atoms with Gasteiger partial charge in [0, 0.05) is 5.41 Å². The minimum atomic E-state index is -1.06. The lowest BCUT2D eigenvalue weighted by atomic mass is 9.79. The van der Waals surface area contributed by atoms with E-state index in [-0.39, 0.29) is 5.41 Å². The monoisotopic (exact) mass is 235 g/mol. The zero-order valence-corrected chi connectivity index (χ0v) is 10.7. The third-order valence-corrected chi connectivity index (χ3v) is 3.10. The number of hydrogen-bond acceptors (Lipinski definition) is 2. The Balaban J connectivity index is 2.38. The van der Waals surface area contributed by atoms with Gasteiger partial charge in [-0.25, -0.2) is 9.37 Å². The quantitative estimate of drug-likeness (QED) is 0.742. The smallest absolute Gasteiger partial charge is 0.199 e. The average Bonchev–Trinajstić information content (AvgIpc) is 2.71. The fourth-order valence-corrected chi connectivity index (χ4v) is 1.80. The molecule has 0 aromatic carbocycles. The third-order valence-electron chi connectivity index (χ3n) is 3.10. The van der Waals surface area contributed by atoms with Crippen LogP contribution in [0.4, 0.5) is 4.39 Å². The maximum Gasteiger partial charge on any atom is 0.199 e. The molecule has 0 amide bonds. The van der Waals surface area contributed by atoms with E-state index in [2.05, 4.69) is 4.98 Å². The summed E-state index contributed by atoms with van der Waals surface area (Å²) in [6, 6.07) is 0. The molecule has 1 aliphatic carbocycles. The van der Waals surface area contributed by atoms with Crippen LogP contribution in [-0.4, -0.2) is 11.2 Å². The van der Waals surface area contributed by atoms with Gasteiger partial charge in [0.2, 0.25) is 0 Å². The minimum Gasteiger partial charge on any atom is -0.448 e. The first-order valence-electron chi connectivity index (χ1n) is 5.80. The summed E-state index contributed by atoms with van der Waals surface area (Å²) in [5.41, 5.74) is -0.230. The van der Waals surface area contributed by atoms with Crippen LogP contribution in [0.3, 0.4) is 0 Å². The molecule has 1 aliphatic rings. The van der Waals surface area contributed by atoms with Crippen LogP contribution < -0.4 is 0 Å². The van der Waals surface area contributed by atoms with Gasteiger partial charge in [0.1, 0.15) is 12.4 Å². The van der Waals surface area contributed by atoms with E-state index in [1.54, 1.807) is 18.4 Å². The van der Waals surface area contributed by atoms with Crippen molar-refractivity contribution >= 4 is 0 Å². The van der Waals surface area contributed by atoms with Gasteiger partial charge >= 0.3 is 0 Å². The van der Waals surface area contributed by atoms with Crippen LogP contribution in [-0.2, 0) is 10.8 Å². The molecule has 1 aromatic heterocycles. The van der Waals surface area contributed by atoms with E-state index < -0.39 is 11.6 Å². The highest BCUT2D eigenvalue weighted by Crippen LogP contribution is 2.35. The van der Waals surface area contributed by atoms with E-state index in [9.17, 15) is 4.39 Å². The zero-order valence-electron chi connectivity index (χ0n) is 10.7. The molecule has 2 unspecified atom stereocenters. The van der Waals surface area contributed by atoms with Crippen molar-refractivity contribution in [3.8, 4) is 0 Å². The van der Waals surface area contributed by atoms with Crippen molar-refractivity contribution in [1.29, 1.82) is 0 Å². The molecular formula is C14H18FNO. The van der Waals surface area contributed by atoms with Crippen LogP contribution in [0.2, 0.25) is 0 Å². The summed E-state index contributed by atoms with van der Waals surface area (Å²) in [5, 5.41) is 0. The average molecular weight is 235 g/mol. The molecule has 3 heteroatoms. The number of allylic oxidation sites excluding steroid dienone is 4. The van der Waals surface area contributed by atoms with Gasteiger partial charge < -0.3 is 4.42 Å². The minimum absolute atomic E-state index is 0.158. The van der Waals surface area contributed by atoms with E-state index in [0.717, 1.165) is 0 Å². The fourth-order valence-electron chi connectivity index (χ4n) is 1.80. The van der Waals surface area contributed by atoms with Crippen molar-refractivity contribution in [3.63, 3.8) is 0 Å². The van der Waals surface area contributed by atoms with Crippen molar-refractivity contribution in [1.82, 2.24) is 4.98 Å². The van der Waals surface area contributed by atoms with Gasteiger partial charge in [-0.2, -0.15) is 0 Å². The molecule has 0 N–H and O–H groups in total. The van der Waals surface area contributed by atoms with Crippen LogP contribution in [0, 0.1) is 0 Å². The lowest BCUT2D eigenvalue weighted by Crippen LogP contribution is -2.32. The first kappa shape index (κ1) is 12.1. The Bertz CT molecular complexity index is 467. The lowest BCUT2D eigenvalue weighted by molar-refractivity contribution is 0.287. The van der Waals surface area contributed by atoms with E-state index in [0.29, 0.717) is 11.6 Å². The van der Waals surface area contributed by atoms with E-state index >= 15 is 0 Å². The number of aromatic nitrogens is 1. The first-order valence-corrected chi connectivity index (χ1v) is 5.80. The molecule has 0 saturated carbocycles. The van der Waals surface area contributed by atoms with Crippen molar-refractivity contribution in [2.75, 3.05) is 0 Å². The number of hydrogen-bond donors (Lipinski definition) is 0. The number of halogens is 1. The Kier molecular flexibility index (Phi) is 2.72. The van der Waals surface area contributed by atoms with Gasteiger partial charge in [0.25, 0.3) is 0 Å². The molecule has 1 aromatic rings. The second-order valence-corrected chi connectivity index (χ2v) is 5.72. The van der Waals surface area contributed by atoms with Crippen molar-refractivity contribution in [3.05, 3.63) is 42.2 Å². The molecule has 0 radical (unpaired) electrons. The van der Waals surface area contributed by atoms with Gasteiger partial charge in [0.15, 0.2) is 5.89 Å². The molecule has 2 rings (SSSR count). The van der Waals surface area contributed by atoms with E-state index in [4.69, 9.17) is 4.42 Å². The van der Waals surface area contributed by atoms with Gasteiger partial charge in [-0.3, -0.25) is 0 Å². The van der Waals surface area contributed by atoms with Gasteiger partial charge in [0.05, 0.1) is 11.1 Å². The van der Waals surface area contributed by atoms with Gasteiger partial charge in [-0.15, -0.1) is 0 Å². The SMILES string of the molecule is CC(C)(C)c1nc(C2(C)C=CC=CC2F)co1. The molecule has 0 fully saturated rings. The van der Waals surface area contributed by atoms with E-state index in [1.165, 1.54) is 0 Å². The molecule has 2 atom stereocenters. The van der Waals surface area contributed by atoms with Crippen LogP contribution >= 0.6 is 0 Å². The Morgan fingerprint density at radius 1 is 1.35 bits per heavy atom. The number of nitrogens with zero attached hydrogens (tertiary/aromatic N) is 1. The van der Waals surface area contributed by atoms with E-state index in [1.807, 2.05) is 39.8 Å². The first-order chi connectivity index (χ1) is 7.84. The van der Waals surface area contributed by atoms with Crippen LogP contribution in [0.1, 0.15) is 39.3 Å². The summed E-state index contributed by atoms with van der Waals surface area (Å²) in [7, 11) is 0. The van der Waals surface area contributed by atoms with Crippen molar-refractivity contribution in [2.24, 2.45) is 0 Å². The Morgan fingerprint density at radius 3 is 2.59 bits per heavy atom. The lowest BCUT2D eigenvalue weighted by Gasteiger charge is -2.27. The summed E-state index contributed by atoms with van der Waals surface area (Å²) in [6.45, 7) is 7.90. The second kappa shape index (κ2) is 3.83. The zero-order chi connectivity index (χ0) is 12.7. The molecule has 0 spiro atoms. The van der Waals surface area contributed by atoms with Gasteiger partial charge in [-0.1, -0.05) is 39.0 Å². The molecule has 1 heterocycles. The predicted molar refractivity (Wildman–Crippen MR) is 65.7 cm³/mol. The normalized spacial score (nSPS) is 28.6. The van der Waals surface area contributed by atoms with Crippen LogP contribution in [0.25, 0.3) is 0 Å². The maximum absolute atomic E-state index is 14.0. The number of alkyl halides is 1. The van der Waals surface area contributed by atoms with Crippen LogP contribution in [0.15, 0.2) is 35.0 Å². The molecule has 0 bridgehead atoms. The summed E-state index contributed by atoms with van der Waals surface area (Å²) in [6.07, 6.45) is 7.45. The highest BCUT2D eigenvalue weighted by Gasteiger charge is 2.37. The molecular weight excluding hydrogens is 217 g/mol. The summed E-state index contributed by atoms with van der Waals surface area (Å²) >= 11 is 0. The molecule has 0 saturated heterocycles. The molecule has 92 valence electrons. The van der Waals surface area contributed by atoms with Crippen LogP contribution in [0.5, 0.6) is 0 Å². The standard InChI is InChI=1S/C14H18FNO/c1-13(2,3)12-16-11(9-17-12)14(4)8-6-5-7-10(14)15/h5-10H,1-4H3. The Hall–Kier alpha value is -1.38. The summed E-state index contributed by atoms with van der Waals surface area (Å²) < 4.78 is 19.5. The largest absolute Gasteiger partial charge is 0.448 e. The maximum atomic E-state index is 14.0. The van der Waals surface area contributed by atoms with Crippen molar-refractivity contribution < 1.29 is 8.81 Å². The molecule has 17 heavy (non-hydrogen) atoms. The summed E-state index contributed by atoms with van der Waals surface area (Å²) in [5.74, 6) is 0.642.